The number of aliphatic hydroxyl groups is 1. The van der Waals surface area contributed by atoms with Gasteiger partial charge >= 0.3 is 0 Å². The Labute approximate surface area is 260 Å². The van der Waals surface area contributed by atoms with Crippen LogP contribution in [0.4, 0.5) is 0 Å². The van der Waals surface area contributed by atoms with Crippen LogP contribution in [0.15, 0.2) is 125 Å². The van der Waals surface area contributed by atoms with Gasteiger partial charge in [-0.05, 0) is 58.7 Å². The predicted octanol–water partition coefficient (Wildman–Crippen LogP) is 6.18. The molecule has 7 nitrogen and oxygen atoms in total. The summed E-state index contributed by atoms with van der Waals surface area (Å²) in [5.41, 5.74) is 9.13. The number of hydrazine groups is 1. The number of nitrogens with one attached hydrogen (secondary N) is 2. The van der Waals surface area contributed by atoms with Crippen LogP contribution in [0.2, 0.25) is 0 Å². The molecule has 0 fully saturated rings. The Kier molecular flexibility index (Phi) is 10.0. The van der Waals surface area contributed by atoms with Gasteiger partial charge in [-0.2, -0.15) is 0 Å². The lowest BCUT2D eigenvalue weighted by molar-refractivity contribution is -0.129. The van der Waals surface area contributed by atoms with Crippen molar-refractivity contribution in [3.63, 3.8) is 0 Å². The fraction of sp³-hybridized carbons (Fsp3) is 0.200. The zero-order valence-corrected chi connectivity index (χ0v) is 25.3. The normalized spacial score (nSPS) is 17.5. The molecule has 0 saturated heterocycles. The number of benzene rings is 4. The molecule has 43 heavy (non-hydrogen) atoms. The van der Waals surface area contributed by atoms with E-state index in [4.69, 9.17) is 19.6 Å². The van der Waals surface area contributed by atoms with E-state index in [-0.39, 0.29) is 12.5 Å². The van der Waals surface area contributed by atoms with Gasteiger partial charge in [-0.3, -0.25) is 10.2 Å². The molecule has 220 valence electrons. The Morgan fingerprint density at radius 1 is 0.953 bits per heavy atom. The molecule has 0 unspecified atom stereocenters. The number of hydrogen-bond donors (Lipinski definition) is 3. The van der Waals surface area contributed by atoms with E-state index in [0.29, 0.717) is 37.6 Å². The minimum Gasteiger partial charge on any atom is -0.494 e. The lowest BCUT2D eigenvalue weighted by atomic mass is 9.82. The zero-order valence-electron chi connectivity index (χ0n) is 23.7. The summed E-state index contributed by atoms with van der Waals surface area (Å²) >= 11 is 3.51. The summed E-state index contributed by atoms with van der Waals surface area (Å²) in [6, 6.07) is 33.5. The maximum Gasteiger partial charge on any atom is 0.266 e. The highest BCUT2D eigenvalue weighted by molar-refractivity contribution is 9.10. The van der Waals surface area contributed by atoms with Gasteiger partial charge in [0.25, 0.3) is 5.91 Å². The van der Waals surface area contributed by atoms with Crippen LogP contribution in [0.25, 0.3) is 11.1 Å². The van der Waals surface area contributed by atoms with Crippen molar-refractivity contribution in [3.05, 3.63) is 137 Å². The summed E-state index contributed by atoms with van der Waals surface area (Å²) in [5, 5.41) is 9.05. The third-order valence-electron chi connectivity index (χ3n) is 7.19. The molecular formula is C35H34BrN3O4. The van der Waals surface area contributed by atoms with Crippen LogP contribution in [0, 0.1) is 0 Å². The number of carbonyl (C=O) groups is 1. The van der Waals surface area contributed by atoms with E-state index in [0.717, 1.165) is 32.3 Å². The van der Waals surface area contributed by atoms with Gasteiger partial charge in [0.05, 0.1) is 6.61 Å². The Hall–Kier alpha value is -4.24. The van der Waals surface area contributed by atoms with Gasteiger partial charge in [-0.15, -0.1) is 6.58 Å². The summed E-state index contributed by atoms with van der Waals surface area (Å²) in [4.78, 5) is 19.2. The summed E-state index contributed by atoms with van der Waals surface area (Å²) in [6.07, 6.45) is 1.82. The van der Waals surface area contributed by atoms with E-state index in [9.17, 15) is 4.79 Å². The Morgan fingerprint density at radius 2 is 1.63 bits per heavy atom. The third-order valence-corrected chi connectivity index (χ3v) is 7.71. The van der Waals surface area contributed by atoms with Crippen molar-refractivity contribution in [2.75, 3.05) is 19.8 Å². The van der Waals surface area contributed by atoms with Crippen molar-refractivity contribution in [2.45, 2.75) is 24.5 Å². The minimum atomic E-state index is -1.32. The Morgan fingerprint density at radius 3 is 2.30 bits per heavy atom. The molecule has 0 aliphatic carbocycles. The summed E-state index contributed by atoms with van der Waals surface area (Å²) in [6.45, 7) is 4.62. The average molecular weight is 641 g/mol. The minimum absolute atomic E-state index is 0.0701. The van der Waals surface area contributed by atoms with E-state index in [1.54, 1.807) is 6.08 Å². The van der Waals surface area contributed by atoms with Crippen LogP contribution in [-0.2, 0) is 16.0 Å². The molecule has 2 atom stereocenters. The molecule has 0 bridgehead atoms. The van der Waals surface area contributed by atoms with Crippen LogP contribution < -0.4 is 15.6 Å². The SMILES string of the molecule is C=CCNNC(=O)[C@@]1(Cc2ccc(Br)cc2)N=C(c2ccc(OCCCO)cc2)O[C@H]1c1ccc(-c2ccccc2)cc1. The first-order chi connectivity index (χ1) is 21.0. The maximum atomic E-state index is 14.1. The highest BCUT2D eigenvalue weighted by Crippen LogP contribution is 2.43. The third kappa shape index (κ3) is 7.22. The number of carbonyl (C=O) groups excluding carboxylic acids is 1. The quantitative estimate of drug-likeness (QED) is 0.0923. The lowest BCUT2D eigenvalue weighted by Crippen LogP contribution is -2.54. The molecule has 3 N–H and O–H groups in total. The lowest BCUT2D eigenvalue weighted by Gasteiger charge is -2.31. The van der Waals surface area contributed by atoms with E-state index in [1.165, 1.54) is 0 Å². The molecule has 4 aromatic rings. The van der Waals surface area contributed by atoms with Crippen LogP contribution in [0.1, 0.15) is 29.2 Å². The van der Waals surface area contributed by atoms with Crippen molar-refractivity contribution >= 4 is 27.7 Å². The number of nitrogens with zero attached hydrogens (tertiary/aromatic N) is 1. The van der Waals surface area contributed by atoms with Gasteiger partial charge in [0.2, 0.25) is 5.90 Å². The van der Waals surface area contributed by atoms with Gasteiger partial charge in [-0.25, -0.2) is 10.4 Å². The molecule has 5 rings (SSSR count). The molecule has 0 spiro atoms. The second kappa shape index (κ2) is 14.3. The second-order valence-corrected chi connectivity index (χ2v) is 11.1. The molecule has 1 aliphatic heterocycles. The fourth-order valence-corrected chi connectivity index (χ4v) is 5.25. The summed E-state index contributed by atoms with van der Waals surface area (Å²) in [7, 11) is 0. The van der Waals surface area contributed by atoms with Gasteiger partial charge in [0.1, 0.15) is 5.75 Å². The summed E-state index contributed by atoms with van der Waals surface area (Å²) < 4.78 is 13.3. The molecule has 0 aromatic heterocycles. The predicted molar refractivity (Wildman–Crippen MR) is 173 cm³/mol. The molecule has 1 aliphatic rings. The number of ether oxygens (including phenoxy) is 2. The smallest absolute Gasteiger partial charge is 0.266 e. The summed E-state index contributed by atoms with van der Waals surface area (Å²) in [5.74, 6) is 0.736. The topological polar surface area (TPSA) is 92.2 Å². The van der Waals surface area contributed by atoms with Gasteiger partial charge in [0, 0.05) is 36.0 Å². The number of aliphatic hydroxyl groups excluding tert-OH is 1. The first kappa shape index (κ1) is 30.2. The average Bonchev–Trinajstić information content (AvgIpc) is 3.43. The maximum absolute atomic E-state index is 14.1. The molecule has 8 heteroatoms. The Balaban J connectivity index is 1.55. The molecule has 1 heterocycles. The van der Waals surface area contributed by atoms with Gasteiger partial charge in [-0.1, -0.05) is 88.7 Å². The molecule has 1 amide bonds. The van der Waals surface area contributed by atoms with E-state index in [1.807, 2.05) is 91.0 Å². The van der Waals surface area contributed by atoms with Crippen molar-refractivity contribution in [2.24, 2.45) is 4.99 Å². The monoisotopic (exact) mass is 639 g/mol. The number of rotatable bonds is 13. The molecular weight excluding hydrogens is 606 g/mol. The van der Waals surface area contributed by atoms with E-state index in [2.05, 4.69) is 45.5 Å². The van der Waals surface area contributed by atoms with Crippen LogP contribution in [-0.4, -0.2) is 42.2 Å². The number of halogens is 1. The van der Waals surface area contributed by atoms with Crippen LogP contribution >= 0.6 is 15.9 Å². The van der Waals surface area contributed by atoms with E-state index >= 15 is 0 Å². The fourth-order valence-electron chi connectivity index (χ4n) is 4.99. The van der Waals surface area contributed by atoms with Crippen molar-refractivity contribution in [1.82, 2.24) is 10.9 Å². The largest absolute Gasteiger partial charge is 0.494 e. The second-order valence-electron chi connectivity index (χ2n) is 10.2. The van der Waals surface area contributed by atoms with Crippen molar-refractivity contribution < 1.29 is 19.4 Å². The number of amides is 1. The zero-order chi connectivity index (χ0) is 30.1. The molecule has 4 aromatic carbocycles. The Bertz CT molecular complexity index is 1540. The standard InChI is InChI=1S/C35H34BrN3O4/c1-2-21-37-39-34(41)35(24-25-9-17-30(36)18-10-25)32(28-13-11-27(12-14-28)26-7-4-3-5-8-26)43-33(38-35)29-15-19-31(20-16-29)42-23-6-22-40/h2-5,7-20,32,37,40H,1,6,21-24H2,(H,39,41)/t32-,35-/m0/s1. The van der Waals surface area contributed by atoms with Crippen molar-refractivity contribution in [3.8, 4) is 16.9 Å². The molecule has 0 radical (unpaired) electrons. The highest BCUT2D eigenvalue weighted by atomic mass is 79.9. The number of hydrogen-bond acceptors (Lipinski definition) is 6. The number of aliphatic imine (C=N–C) groups is 1. The first-order valence-corrected chi connectivity index (χ1v) is 15.0. The van der Waals surface area contributed by atoms with Gasteiger partial charge in [0.15, 0.2) is 11.6 Å². The van der Waals surface area contributed by atoms with Crippen LogP contribution in [0.5, 0.6) is 5.75 Å². The first-order valence-electron chi connectivity index (χ1n) is 14.2. The van der Waals surface area contributed by atoms with E-state index < -0.39 is 11.6 Å². The molecule has 0 saturated carbocycles. The van der Waals surface area contributed by atoms with Crippen LogP contribution in [0.3, 0.4) is 0 Å². The highest BCUT2D eigenvalue weighted by Gasteiger charge is 2.53. The van der Waals surface area contributed by atoms with Crippen molar-refractivity contribution in [1.29, 1.82) is 0 Å². The van der Waals surface area contributed by atoms with Gasteiger partial charge < -0.3 is 14.6 Å².